The van der Waals surface area contributed by atoms with Crippen LogP contribution in [0.1, 0.15) is 232 Å². The number of carbonyl (C=O) groups is 2. The maximum absolute atomic E-state index is 13.0. The van der Waals surface area contributed by atoms with Gasteiger partial charge in [0, 0.05) is 12.8 Å². The Morgan fingerprint density at radius 3 is 1.15 bits per heavy atom. The molecule has 0 aromatic carbocycles. The molecule has 0 spiro atoms. The summed E-state index contributed by atoms with van der Waals surface area (Å²) in [6.45, 7) is 2.64. The molecule has 15 heteroatoms. The van der Waals surface area contributed by atoms with Gasteiger partial charge in [0.25, 0.3) is 0 Å². The van der Waals surface area contributed by atoms with Crippen molar-refractivity contribution in [2.75, 3.05) is 26.4 Å². The third-order valence-corrected chi connectivity index (χ3v) is 13.6. The molecule has 0 saturated carbocycles. The summed E-state index contributed by atoms with van der Waals surface area (Å²) < 4.78 is 33.7. The van der Waals surface area contributed by atoms with Crippen LogP contribution in [-0.2, 0) is 38.0 Å². The van der Waals surface area contributed by atoms with Crippen LogP contribution in [0.15, 0.2) is 0 Å². The second kappa shape index (κ2) is 41.0. The van der Waals surface area contributed by atoms with Crippen molar-refractivity contribution in [2.24, 2.45) is 0 Å². The number of rotatable bonds is 44. The number of hydrogen-bond donors (Lipinski definition) is 7. The molecule has 2 heterocycles. The minimum Gasteiger partial charge on any atom is -0.462 e. The molecule has 11 unspecified atom stereocenters. The predicted molar refractivity (Wildman–Crippen MR) is 262 cm³/mol. The lowest BCUT2D eigenvalue weighted by Crippen LogP contribution is -2.61. The maximum atomic E-state index is 13.0. The van der Waals surface area contributed by atoms with Crippen molar-refractivity contribution in [1.29, 1.82) is 0 Å². The zero-order chi connectivity index (χ0) is 49.6. The van der Waals surface area contributed by atoms with Gasteiger partial charge in [-0.25, -0.2) is 0 Å². The van der Waals surface area contributed by atoms with E-state index in [2.05, 4.69) is 13.8 Å². The molecule has 0 aromatic rings. The Labute approximate surface area is 410 Å². The summed E-state index contributed by atoms with van der Waals surface area (Å²) in [7, 11) is 0. The van der Waals surface area contributed by atoms with Gasteiger partial charge in [-0.1, -0.05) is 206 Å². The number of carbonyl (C=O) groups excluding carboxylic acids is 2. The average molecular weight is 977 g/mol. The van der Waals surface area contributed by atoms with E-state index >= 15 is 0 Å². The summed E-state index contributed by atoms with van der Waals surface area (Å²) in [6.07, 6.45) is 22.7. The van der Waals surface area contributed by atoms with Crippen molar-refractivity contribution < 1.29 is 73.8 Å². The fraction of sp³-hybridized carbons (Fsp3) is 0.962. The quantitative estimate of drug-likeness (QED) is 0.0225. The summed E-state index contributed by atoms with van der Waals surface area (Å²) >= 11 is 0. The van der Waals surface area contributed by atoms with Crippen LogP contribution in [0.3, 0.4) is 0 Å². The monoisotopic (exact) mass is 977 g/mol. The Morgan fingerprint density at radius 1 is 0.412 bits per heavy atom. The lowest BCUT2D eigenvalue weighted by molar-refractivity contribution is -0.332. The van der Waals surface area contributed by atoms with Crippen LogP contribution in [0.2, 0.25) is 0 Å². The highest BCUT2D eigenvalue weighted by atomic mass is 16.7. The Balaban J connectivity index is 1.77. The molecular weight excluding hydrogens is 877 g/mol. The van der Waals surface area contributed by atoms with E-state index in [0.717, 1.165) is 38.5 Å². The Morgan fingerprint density at radius 2 is 0.750 bits per heavy atom. The molecule has 2 fully saturated rings. The molecule has 2 aliphatic rings. The van der Waals surface area contributed by atoms with Crippen LogP contribution in [0.25, 0.3) is 0 Å². The second-order valence-electron chi connectivity index (χ2n) is 19.8. The first kappa shape index (κ1) is 62.6. The lowest BCUT2D eigenvalue weighted by Gasteiger charge is -2.42. The Kier molecular flexibility index (Phi) is 37.8. The smallest absolute Gasteiger partial charge is 0.306 e. The molecule has 2 saturated heterocycles. The molecule has 0 radical (unpaired) electrons. The van der Waals surface area contributed by atoms with Gasteiger partial charge >= 0.3 is 11.9 Å². The zero-order valence-corrected chi connectivity index (χ0v) is 42.6. The highest BCUT2D eigenvalue weighted by molar-refractivity contribution is 5.70. The van der Waals surface area contributed by atoms with Crippen molar-refractivity contribution in [3.63, 3.8) is 0 Å². The molecule has 0 aliphatic carbocycles. The number of hydrogen-bond acceptors (Lipinski definition) is 15. The summed E-state index contributed by atoms with van der Waals surface area (Å²) in [5.74, 6) is -0.907. The molecule has 11 atom stereocenters. The van der Waals surface area contributed by atoms with Gasteiger partial charge in [0.05, 0.1) is 19.8 Å². The molecule has 2 aliphatic heterocycles. The predicted octanol–water partition coefficient (Wildman–Crippen LogP) is 8.39. The lowest BCUT2D eigenvalue weighted by atomic mass is 9.98. The van der Waals surface area contributed by atoms with E-state index in [0.29, 0.717) is 12.8 Å². The third-order valence-electron chi connectivity index (χ3n) is 13.6. The fourth-order valence-corrected chi connectivity index (χ4v) is 9.04. The molecule has 68 heavy (non-hydrogen) atoms. The second-order valence-corrected chi connectivity index (χ2v) is 19.8. The topological polar surface area (TPSA) is 231 Å². The standard InChI is InChI=1S/C53H100O15/c1-3-5-7-9-11-13-15-17-19-20-21-22-24-26-28-30-32-34-36-45(56)66-41(38-63-44(55)35-33-31-29-27-25-23-18-16-14-12-10-8-6-4-2)39-64-52-51(62)49(60)47(58)43(68-52)40-65-53-50(61)48(59)46(57)42(37-54)67-53/h41-43,46-54,57-62H,3-40H2,1-2H3. The van der Waals surface area contributed by atoms with Gasteiger partial charge in [-0.15, -0.1) is 0 Å². The van der Waals surface area contributed by atoms with Gasteiger partial charge in [0.1, 0.15) is 55.4 Å². The zero-order valence-electron chi connectivity index (χ0n) is 42.6. The first-order valence-corrected chi connectivity index (χ1v) is 27.6. The van der Waals surface area contributed by atoms with Crippen LogP contribution >= 0.6 is 0 Å². The molecular formula is C53H100O15. The van der Waals surface area contributed by atoms with Crippen LogP contribution in [0, 0.1) is 0 Å². The van der Waals surface area contributed by atoms with Crippen LogP contribution in [0.4, 0.5) is 0 Å². The first-order valence-electron chi connectivity index (χ1n) is 27.6. The highest BCUT2D eigenvalue weighted by Crippen LogP contribution is 2.27. The number of aliphatic hydroxyl groups excluding tert-OH is 7. The number of esters is 2. The van der Waals surface area contributed by atoms with Crippen LogP contribution < -0.4 is 0 Å². The Bertz CT molecular complexity index is 1190. The van der Waals surface area contributed by atoms with Gasteiger partial charge in [-0.3, -0.25) is 9.59 Å². The van der Waals surface area contributed by atoms with E-state index in [1.54, 1.807) is 0 Å². The summed E-state index contributed by atoms with van der Waals surface area (Å²) in [5, 5.41) is 72.1. The van der Waals surface area contributed by atoms with E-state index in [9.17, 15) is 45.3 Å². The van der Waals surface area contributed by atoms with Crippen molar-refractivity contribution in [1.82, 2.24) is 0 Å². The Hall–Kier alpha value is -1.50. The fourth-order valence-electron chi connectivity index (χ4n) is 9.04. The van der Waals surface area contributed by atoms with Gasteiger partial charge in [-0.2, -0.15) is 0 Å². The number of aliphatic hydroxyl groups is 7. The normalized spacial score (nSPS) is 25.7. The number of unbranched alkanes of at least 4 members (excludes halogenated alkanes) is 30. The van der Waals surface area contributed by atoms with E-state index in [-0.39, 0.29) is 26.1 Å². The van der Waals surface area contributed by atoms with Crippen LogP contribution in [0.5, 0.6) is 0 Å². The largest absolute Gasteiger partial charge is 0.462 e. The molecule has 0 bridgehead atoms. The van der Waals surface area contributed by atoms with E-state index in [4.69, 9.17) is 28.4 Å². The van der Waals surface area contributed by atoms with Crippen molar-refractivity contribution in [3.05, 3.63) is 0 Å². The van der Waals surface area contributed by atoms with Gasteiger partial charge in [0.2, 0.25) is 0 Å². The van der Waals surface area contributed by atoms with Crippen molar-refractivity contribution in [3.8, 4) is 0 Å². The third kappa shape index (κ3) is 28.5. The minimum absolute atomic E-state index is 0.174. The van der Waals surface area contributed by atoms with Gasteiger partial charge in [0.15, 0.2) is 18.7 Å². The van der Waals surface area contributed by atoms with E-state index in [1.165, 1.54) is 154 Å². The summed E-state index contributed by atoms with van der Waals surface area (Å²) in [6, 6.07) is 0. The summed E-state index contributed by atoms with van der Waals surface area (Å²) in [4.78, 5) is 25.8. The molecule has 2 rings (SSSR count). The van der Waals surface area contributed by atoms with Crippen molar-refractivity contribution in [2.45, 2.75) is 300 Å². The van der Waals surface area contributed by atoms with Gasteiger partial charge in [-0.05, 0) is 12.8 Å². The van der Waals surface area contributed by atoms with Crippen molar-refractivity contribution >= 4 is 11.9 Å². The van der Waals surface area contributed by atoms with Crippen LogP contribution in [-0.4, -0.2) is 142 Å². The van der Waals surface area contributed by atoms with E-state index in [1.807, 2.05) is 0 Å². The molecule has 7 N–H and O–H groups in total. The number of ether oxygens (including phenoxy) is 6. The highest BCUT2D eigenvalue weighted by Gasteiger charge is 2.47. The molecule has 15 nitrogen and oxygen atoms in total. The first-order chi connectivity index (χ1) is 33.0. The molecule has 0 aromatic heterocycles. The van der Waals surface area contributed by atoms with Gasteiger partial charge < -0.3 is 64.2 Å². The average Bonchev–Trinajstić information content (AvgIpc) is 3.33. The minimum atomic E-state index is -1.76. The molecule has 0 amide bonds. The molecule has 402 valence electrons. The SMILES string of the molecule is CCCCCCCCCCCCCCCCCCCCC(=O)OC(COC(=O)CCCCCCCCCCCCCCCC)COC1OC(COC2OC(CO)C(O)C(O)C2O)C(O)C(O)C1O. The maximum Gasteiger partial charge on any atom is 0.306 e. The summed E-state index contributed by atoms with van der Waals surface area (Å²) in [5.41, 5.74) is 0. The van der Waals surface area contributed by atoms with E-state index < -0.39 is 92.7 Å².